The summed E-state index contributed by atoms with van der Waals surface area (Å²) in [5.41, 5.74) is 0. The molecule has 0 N–H and O–H groups in total. The zero-order valence-corrected chi connectivity index (χ0v) is 10.4. The van der Waals surface area contributed by atoms with Gasteiger partial charge < -0.3 is 5.21 Å². The molecule has 0 saturated heterocycles. The quantitative estimate of drug-likeness (QED) is 0.472. The van der Waals surface area contributed by atoms with Crippen molar-refractivity contribution in [3.63, 3.8) is 0 Å². The average molecular weight is 272 g/mol. The fourth-order valence-corrected chi connectivity index (χ4v) is 2.50. The maximum atomic E-state index is 11.6. The second kappa shape index (κ2) is 4.95. The predicted octanol–water partition coefficient (Wildman–Crippen LogP) is 3.78. The Morgan fingerprint density at radius 2 is 1.75 bits per heavy atom. The summed E-state index contributed by atoms with van der Waals surface area (Å²) in [7, 11) is 0. The zero-order chi connectivity index (χ0) is 11.5. The van der Waals surface area contributed by atoms with Gasteiger partial charge in [-0.3, -0.25) is 0 Å². The van der Waals surface area contributed by atoms with Crippen LogP contribution in [-0.2, 0) is 0 Å². The Labute approximate surface area is 107 Å². The van der Waals surface area contributed by atoms with E-state index >= 15 is 0 Å². The summed E-state index contributed by atoms with van der Waals surface area (Å²) in [6, 6.07) is 12.3. The highest BCUT2D eigenvalue weighted by atomic mass is 35.5. The molecule has 1 aromatic heterocycles. The van der Waals surface area contributed by atoms with Crippen LogP contribution in [-0.4, -0.2) is 0 Å². The van der Waals surface area contributed by atoms with Crippen LogP contribution >= 0.6 is 35.0 Å². The van der Waals surface area contributed by atoms with E-state index < -0.39 is 0 Å². The first-order valence-electron chi connectivity index (χ1n) is 4.49. The number of halogens is 2. The summed E-state index contributed by atoms with van der Waals surface area (Å²) < 4.78 is 0.676. The Balaban J connectivity index is 2.35. The molecule has 0 amide bonds. The molecule has 2 aromatic rings. The topological polar surface area (TPSA) is 26.9 Å². The number of rotatable bonds is 2. The molecule has 2 nitrogen and oxygen atoms in total. The smallest absolute Gasteiger partial charge is 0.287 e. The van der Waals surface area contributed by atoms with E-state index in [1.54, 1.807) is 24.3 Å². The van der Waals surface area contributed by atoms with Crippen molar-refractivity contribution in [2.45, 2.75) is 9.92 Å². The van der Waals surface area contributed by atoms with Gasteiger partial charge in [-0.25, -0.2) is 0 Å². The molecule has 0 aliphatic heterocycles. The number of hydrogen-bond donors (Lipinski definition) is 0. The first kappa shape index (κ1) is 11.6. The van der Waals surface area contributed by atoms with Gasteiger partial charge in [0.1, 0.15) is 0 Å². The van der Waals surface area contributed by atoms with Gasteiger partial charge in [0.05, 0.1) is 5.02 Å². The maximum Gasteiger partial charge on any atom is 0.287 e. The van der Waals surface area contributed by atoms with Crippen molar-refractivity contribution in [2.24, 2.45) is 0 Å². The summed E-state index contributed by atoms with van der Waals surface area (Å²) in [6.45, 7) is 0. The van der Waals surface area contributed by atoms with Crippen LogP contribution in [0.1, 0.15) is 0 Å². The van der Waals surface area contributed by atoms with Crippen LogP contribution in [0.25, 0.3) is 0 Å². The molecular weight excluding hydrogens is 265 g/mol. The van der Waals surface area contributed by atoms with Gasteiger partial charge in [-0.2, -0.15) is 0 Å². The fourth-order valence-electron chi connectivity index (χ4n) is 1.17. The lowest BCUT2D eigenvalue weighted by atomic mass is 10.4. The zero-order valence-electron chi connectivity index (χ0n) is 8.06. The second-order valence-electron chi connectivity index (χ2n) is 3.01. The minimum absolute atomic E-state index is 0.150. The van der Waals surface area contributed by atoms with E-state index in [1.165, 1.54) is 11.8 Å². The third-order valence-corrected chi connectivity index (χ3v) is 3.73. The van der Waals surface area contributed by atoms with Crippen LogP contribution in [0.15, 0.2) is 52.4 Å². The monoisotopic (exact) mass is 271 g/mol. The van der Waals surface area contributed by atoms with Crippen LogP contribution in [0.5, 0.6) is 0 Å². The van der Waals surface area contributed by atoms with Crippen LogP contribution in [0, 0.1) is 5.21 Å². The molecule has 0 saturated carbocycles. The van der Waals surface area contributed by atoms with Crippen molar-refractivity contribution in [1.29, 1.82) is 0 Å². The van der Waals surface area contributed by atoms with Gasteiger partial charge in [0.25, 0.3) is 10.2 Å². The summed E-state index contributed by atoms with van der Waals surface area (Å²) in [6.07, 6.45) is 0. The first-order chi connectivity index (χ1) is 7.68. The van der Waals surface area contributed by atoms with Crippen LogP contribution in [0.2, 0.25) is 10.2 Å². The molecule has 0 spiro atoms. The summed E-state index contributed by atoms with van der Waals surface area (Å²) >= 11 is 13.0. The molecule has 0 radical (unpaired) electrons. The lowest BCUT2D eigenvalue weighted by Crippen LogP contribution is -2.29. The number of aromatic nitrogens is 1. The molecule has 1 aromatic carbocycles. The fraction of sp³-hybridized carbons (Fsp3) is 0. The highest BCUT2D eigenvalue weighted by molar-refractivity contribution is 7.99. The van der Waals surface area contributed by atoms with Crippen molar-refractivity contribution in [3.05, 3.63) is 57.8 Å². The first-order valence-corrected chi connectivity index (χ1v) is 6.06. The Morgan fingerprint density at radius 1 is 1.00 bits per heavy atom. The van der Waals surface area contributed by atoms with Crippen LogP contribution in [0.3, 0.4) is 0 Å². The van der Waals surface area contributed by atoms with Gasteiger partial charge in [-0.15, -0.1) is 4.73 Å². The molecule has 0 bridgehead atoms. The average Bonchev–Trinajstić information content (AvgIpc) is 2.28. The minimum Gasteiger partial charge on any atom is -0.617 e. The van der Waals surface area contributed by atoms with E-state index in [-0.39, 0.29) is 5.15 Å². The van der Waals surface area contributed by atoms with Gasteiger partial charge in [0.2, 0.25) is 0 Å². The van der Waals surface area contributed by atoms with Gasteiger partial charge >= 0.3 is 0 Å². The van der Waals surface area contributed by atoms with Gasteiger partial charge in [-0.05, 0) is 41.6 Å². The van der Waals surface area contributed by atoms with Crippen molar-refractivity contribution in [3.8, 4) is 0 Å². The van der Waals surface area contributed by atoms with Gasteiger partial charge in [-0.1, -0.05) is 23.7 Å². The molecule has 0 aliphatic carbocycles. The molecule has 0 unspecified atom stereocenters. The Morgan fingerprint density at radius 3 is 2.50 bits per heavy atom. The number of nitrogens with zero attached hydrogens (tertiary/aromatic N) is 1. The summed E-state index contributed by atoms with van der Waals surface area (Å²) in [5, 5.41) is 12.9. The van der Waals surface area contributed by atoms with Crippen molar-refractivity contribution >= 4 is 35.0 Å². The van der Waals surface area contributed by atoms with E-state index in [4.69, 9.17) is 23.2 Å². The van der Waals surface area contributed by atoms with E-state index in [2.05, 4.69) is 0 Å². The maximum absolute atomic E-state index is 11.6. The van der Waals surface area contributed by atoms with Crippen LogP contribution < -0.4 is 4.73 Å². The summed E-state index contributed by atoms with van der Waals surface area (Å²) in [5.74, 6) is 0. The molecular formula is C11H7Cl2NOS. The second-order valence-corrected chi connectivity index (χ2v) is 4.87. The van der Waals surface area contributed by atoms with Crippen molar-refractivity contribution in [1.82, 2.24) is 0 Å². The highest BCUT2D eigenvalue weighted by Crippen LogP contribution is 2.31. The third-order valence-electron chi connectivity index (χ3n) is 1.92. The molecule has 1 heterocycles. The molecule has 5 heteroatoms. The van der Waals surface area contributed by atoms with E-state index in [0.29, 0.717) is 14.8 Å². The molecule has 82 valence electrons. The standard InChI is InChI=1S/C11H7Cl2NOS/c12-8-4-1-2-5-9(8)16-11-7-3-6-10(13)14(11)15/h1-7H. The predicted molar refractivity (Wildman–Crippen MR) is 66.0 cm³/mol. The Hall–Kier alpha value is -0.900. The lowest BCUT2D eigenvalue weighted by Gasteiger charge is -2.05. The van der Waals surface area contributed by atoms with Crippen LogP contribution in [0.4, 0.5) is 0 Å². The number of hydrogen-bond acceptors (Lipinski definition) is 2. The normalized spacial score (nSPS) is 10.4. The van der Waals surface area contributed by atoms with E-state index in [1.807, 2.05) is 18.2 Å². The largest absolute Gasteiger partial charge is 0.617 e. The summed E-state index contributed by atoms with van der Waals surface area (Å²) in [4.78, 5) is 0.830. The Bertz CT molecular complexity index is 519. The minimum atomic E-state index is 0.150. The molecule has 0 atom stereocenters. The molecule has 0 fully saturated rings. The molecule has 0 aliphatic rings. The number of pyridine rings is 1. The van der Waals surface area contributed by atoms with Gasteiger partial charge in [0, 0.05) is 17.0 Å². The SMILES string of the molecule is [O-][n+]1c(Cl)cccc1Sc1ccccc1Cl. The van der Waals surface area contributed by atoms with Crippen molar-refractivity contribution < 1.29 is 4.73 Å². The lowest BCUT2D eigenvalue weighted by molar-refractivity contribution is -0.643. The Kier molecular flexibility index (Phi) is 3.59. The number of benzene rings is 1. The molecule has 2 rings (SSSR count). The van der Waals surface area contributed by atoms with E-state index in [0.717, 1.165) is 4.90 Å². The van der Waals surface area contributed by atoms with Crippen molar-refractivity contribution in [2.75, 3.05) is 0 Å². The van der Waals surface area contributed by atoms with Gasteiger partial charge in [0.15, 0.2) is 0 Å². The molecule has 16 heavy (non-hydrogen) atoms. The third kappa shape index (κ3) is 2.43. The van der Waals surface area contributed by atoms with E-state index in [9.17, 15) is 5.21 Å². The highest BCUT2D eigenvalue weighted by Gasteiger charge is 2.12.